The summed E-state index contributed by atoms with van der Waals surface area (Å²) in [4.78, 5) is 16.5. The van der Waals surface area contributed by atoms with Crippen molar-refractivity contribution in [2.45, 2.75) is 26.3 Å². The van der Waals surface area contributed by atoms with Crippen molar-refractivity contribution in [1.29, 1.82) is 0 Å². The van der Waals surface area contributed by atoms with Gasteiger partial charge in [0, 0.05) is 23.4 Å². The summed E-state index contributed by atoms with van der Waals surface area (Å²) in [5, 5.41) is 5.21. The lowest BCUT2D eigenvalue weighted by Gasteiger charge is -2.23. The second-order valence-corrected chi connectivity index (χ2v) is 6.47. The molecule has 1 aromatic heterocycles. The number of thiazole rings is 1. The molecule has 2 aromatic rings. The third-order valence-corrected chi connectivity index (χ3v) is 4.30. The minimum absolute atomic E-state index is 0.0685. The fraction of sp³-hybridized carbons (Fsp3) is 0.375. The summed E-state index contributed by atoms with van der Waals surface area (Å²) in [6, 6.07) is 2.79. The minimum Gasteiger partial charge on any atom is -0.344 e. The number of rotatable bonds is 6. The molecule has 0 aliphatic carbocycles. The van der Waals surface area contributed by atoms with Crippen molar-refractivity contribution in [2.75, 3.05) is 6.54 Å². The van der Waals surface area contributed by atoms with Crippen molar-refractivity contribution in [3.63, 3.8) is 0 Å². The van der Waals surface area contributed by atoms with Gasteiger partial charge in [0.05, 0.1) is 11.0 Å². The summed E-state index contributed by atoms with van der Waals surface area (Å²) in [7, 11) is 0. The molecule has 124 valence electrons. The first-order chi connectivity index (χ1) is 10.9. The van der Waals surface area contributed by atoms with Gasteiger partial charge in [-0.05, 0) is 18.5 Å². The van der Waals surface area contributed by atoms with Gasteiger partial charge in [0.15, 0.2) is 0 Å². The van der Waals surface area contributed by atoms with E-state index in [0.717, 1.165) is 11.1 Å². The monoisotopic (exact) mass is 339 g/mol. The van der Waals surface area contributed by atoms with E-state index in [9.17, 15) is 13.6 Å². The Labute approximate surface area is 137 Å². The van der Waals surface area contributed by atoms with E-state index in [0.29, 0.717) is 13.0 Å². The summed E-state index contributed by atoms with van der Waals surface area (Å²) in [6.07, 6.45) is 0.609. The van der Waals surface area contributed by atoms with Gasteiger partial charge in [0.1, 0.15) is 17.3 Å². The van der Waals surface area contributed by atoms with Crippen LogP contribution in [0.5, 0.6) is 0 Å². The highest BCUT2D eigenvalue weighted by atomic mass is 32.1. The number of carbonyl (C=O) groups is 1. The second-order valence-electron chi connectivity index (χ2n) is 5.53. The van der Waals surface area contributed by atoms with Crippen LogP contribution in [0.1, 0.15) is 40.9 Å². The van der Waals surface area contributed by atoms with Crippen molar-refractivity contribution in [1.82, 2.24) is 10.3 Å². The predicted octanol–water partition coefficient (Wildman–Crippen LogP) is 3.05. The molecule has 0 aliphatic heterocycles. The van der Waals surface area contributed by atoms with Gasteiger partial charge < -0.3 is 11.1 Å². The Kier molecular flexibility index (Phi) is 5.79. The van der Waals surface area contributed by atoms with Crippen molar-refractivity contribution in [3.8, 4) is 0 Å². The number of amides is 1. The van der Waals surface area contributed by atoms with Crippen LogP contribution in [0.4, 0.5) is 8.78 Å². The number of aromatic nitrogens is 1. The number of nitrogens with zero attached hydrogens (tertiary/aromatic N) is 1. The topological polar surface area (TPSA) is 68.0 Å². The quantitative estimate of drug-likeness (QED) is 0.850. The highest BCUT2D eigenvalue weighted by Gasteiger charge is 2.23. The number of hydrogen-bond donors (Lipinski definition) is 2. The molecule has 1 aromatic carbocycles. The van der Waals surface area contributed by atoms with Crippen LogP contribution in [0.25, 0.3) is 0 Å². The molecule has 0 saturated carbocycles. The molecule has 1 atom stereocenters. The van der Waals surface area contributed by atoms with Gasteiger partial charge >= 0.3 is 0 Å². The SMILES string of the molecule is CC(C)C(NC(=O)c1csc(CCN)n1)c1ccc(F)cc1F. The van der Waals surface area contributed by atoms with Crippen LogP contribution in [-0.2, 0) is 6.42 Å². The van der Waals surface area contributed by atoms with Gasteiger partial charge in [-0.2, -0.15) is 0 Å². The molecule has 23 heavy (non-hydrogen) atoms. The van der Waals surface area contributed by atoms with Crippen LogP contribution in [0, 0.1) is 17.6 Å². The number of hydrogen-bond acceptors (Lipinski definition) is 4. The Hall–Kier alpha value is -1.86. The van der Waals surface area contributed by atoms with Gasteiger partial charge in [-0.15, -0.1) is 11.3 Å². The van der Waals surface area contributed by atoms with Gasteiger partial charge in [-0.25, -0.2) is 13.8 Å². The van der Waals surface area contributed by atoms with E-state index >= 15 is 0 Å². The fourth-order valence-electron chi connectivity index (χ4n) is 2.23. The van der Waals surface area contributed by atoms with Gasteiger partial charge in [-0.1, -0.05) is 19.9 Å². The van der Waals surface area contributed by atoms with E-state index in [4.69, 9.17) is 5.73 Å². The molecule has 0 fully saturated rings. The van der Waals surface area contributed by atoms with E-state index in [-0.39, 0.29) is 23.1 Å². The molecule has 2 rings (SSSR count). The van der Waals surface area contributed by atoms with Crippen LogP contribution >= 0.6 is 11.3 Å². The zero-order chi connectivity index (χ0) is 17.0. The average molecular weight is 339 g/mol. The van der Waals surface area contributed by atoms with Gasteiger partial charge in [-0.3, -0.25) is 4.79 Å². The first-order valence-electron chi connectivity index (χ1n) is 7.32. The van der Waals surface area contributed by atoms with Crippen LogP contribution in [0.15, 0.2) is 23.6 Å². The van der Waals surface area contributed by atoms with E-state index in [1.54, 1.807) is 5.38 Å². The summed E-state index contributed by atoms with van der Waals surface area (Å²) in [6.45, 7) is 4.17. The summed E-state index contributed by atoms with van der Waals surface area (Å²) >= 11 is 1.36. The zero-order valence-electron chi connectivity index (χ0n) is 13.0. The zero-order valence-corrected chi connectivity index (χ0v) is 13.8. The van der Waals surface area contributed by atoms with Crippen molar-refractivity contribution in [2.24, 2.45) is 11.7 Å². The molecule has 1 heterocycles. The molecule has 0 bridgehead atoms. The third-order valence-electron chi connectivity index (χ3n) is 3.39. The van der Waals surface area contributed by atoms with Crippen LogP contribution in [0.2, 0.25) is 0 Å². The molecule has 0 saturated heterocycles. The lowest BCUT2D eigenvalue weighted by Crippen LogP contribution is -2.32. The molecular weight excluding hydrogens is 320 g/mol. The molecule has 1 amide bonds. The number of halogens is 2. The maximum atomic E-state index is 14.0. The Morgan fingerprint density at radius 2 is 2.13 bits per heavy atom. The standard InChI is InChI=1S/C16H19F2N3OS/c1-9(2)15(11-4-3-10(17)7-12(11)18)21-16(22)13-8-23-14(20-13)5-6-19/h3-4,7-9,15H,5-6,19H2,1-2H3,(H,21,22). The molecule has 0 radical (unpaired) electrons. The van der Waals surface area contributed by atoms with Gasteiger partial charge in [0.25, 0.3) is 5.91 Å². The molecule has 7 heteroatoms. The Balaban J connectivity index is 2.20. The van der Waals surface area contributed by atoms with Crippen molar-refractivity contribution < 1.29 is 13.6 Å². The van der Waals surface area contributed by atoms with Crippen molar-refractivity contribution in [3.05, 3.63) is 51.5 Å². The molecular formula is C16H19F2N3OS. The lowest BCUT2D eigenvalue weighted by atomic mass is 9.95. The molecule has 0 spiro atoms. The van der Waals surface area contributed by atoms with Crippen LogP contribution in [-0.4, -0.2) is 17.4 Å². The first kappa shape index (κ1) is 17.5. The maximum absolute atomic E-state index is 14.0. The Morgan fingerprint density at radius 3 is 2.74 bits per heavy atom. The third kappa shape index (κ3) is 4.33. The average Bonchev–Trinajstić information content (AvgIpc) is 2.94. The van der Waals surface area contributed by atoms with E-state index in [1.165, 1.54) is 23.5 Å². The summed E-state index contributed by atoms with van der Waals surface area (Å²) in [5.74, 6) is -1.77. The van der Waals surface area contributed by atoms with Gasteiger partial charge in [0.2, 0.25) is 0 Å². The van der Waals surface area contributed by atoms with E-state index < -0.39 is 17.7 Å². The molecule has 1 unspecified atom stereocenters. The fourth-order valence-corrected chi connectivity index (χ4v) is 3.02. The maximum Gasteiger partial charge on any atom is 0.271 e. The molecule has 0 aliphatic rings. The second kappa shape index (κ2) is 7.61. The number of nitrogens with two attached hydrogens (primary N) is 1. The predicted molar refractivity (Wildman–Crippen MR) is 86.3 cm³/mol. The number of carbonyl (C=O) groups excluding carboxylic acids is 1. The Bertz CT molecular complexity index is 688. The van der Waals surface area contributed by atoms with E-state index in [1.807, 2.05) is 13.8 Å². The summed E-state index contributed by atoms with van der Waals surface area (Å²) < 4.78 is 27.1. The normalized spacial score (nSPS) is 12.4. The summed E-state index contributed by atoms with van der Waals surface area (Å²) in [5.41, 5.74) is 6.01. The first-order valence-corrected chi connectivity index (χ1v) is 8.20. The highest BCUT2D eigenvalue weighted by Crippen LogP contribution is 2.25. The highest BCUT2D eigenvalue weighted by molar-refractivity contribution is 7.09. The number of nitrogens with one attached hydrogen (secondary N) is 1. The largest absolute Gasteiger partial charge is 0.344 e. The van der Waals surface area contributed by atoms with Crippen LogP contribution < -0.4 is 11.1 Å². The number of benzene rings is 1. The molecule has 3 N–H and O–H groups in total. The lowest BCUT2D eigenvalue weighted by molar-refractivity contribution is 0.0920. The Morgan fingerprint density at radius 1 is 1.39 bits per heavy atom. The molecule has 4 nitrogen and oxygen atoms in total. The smallest absolute Gasteiger partial charge is 0.271 e. The van der Waals surface area contributed by atoms with E-state index in [2.05, 4.69) is 10.3 Å². The van der Waals surface area contributed by atoms with Crippen molar-refractivity contribution >= 4 is 17.2 Å². The minimum atomic E-state index is -0.675. The van der Waals surface area contributed by atoms with Crippen LogP contribution in [0.3, 0.4) is 0 Å².